The third kappa shape index (κ3) is 6.71. The van der Waals surface area contributed by atoms with Gasteiger partial charge in [0.2, 0.25) is 11.8 Å². The lowest BCUT2D eigenvalue weighted by molar-refractivity contribution is -0.132. The molecule has 0 aliphatic carbocycles. The Morgan fingerprint density at radius 2 is 1.91 bits per heavy atom. The summed E-state index contributed by atoms with van der Waals surface area (Å²) in [5, 5.41) is 3.37. The van der Waals surface area contributed by atoms with Gasteiger partial charge < -0.3 is 24.8 Å². The number of likely N-dealkylation sites (N-methyl/N-ethyl adjacent to an activating group) is 1. The van der Waals surface area contributed by atoms with Crippen LogP contribution < -0.4 is 10.1 Å². The molecule has 0 spiro atoms. The molecule has 0 unspecified atom stereocenters. The molecule has 178 valence electrons. The highest BCUT2D eigenvalue weighted by atomic mass is 16.5. The predicted octanol–water partition coefficient (Wildman–Crippen LogP) is 2.99. The van der Waals surface area contributed by atoms with Crippen molar-refractivity contribution in [3.63, 3.8) is 0 Å². The summed E-state index contributed by atoms with van der Waals surface area (Å²) >= 11 is 0. The van der Waals surface area contributed by atoms with Crippen LogP contribution in [-0.2, 0) is 29.1 Å². The van der Waals surface area contributed by atoms with Gasteiger partial charge in [0.05, 0.1) is 13.7 Å². The Morgan fingerprint density at radius 3 is 2.64 bits per heavy atom. The van der Waals surface area contributed by atoms with Crippen LogP contribution in [0.5, 0.6) is 5.75 Å². The smallest absolute Gasteiger partial charge is 0.242 e. The summed E-state index contributed by atoms with van der Waals surface area (Å²) in [5.41, 5.74) is 4.39. The molecule has 3 rings (SSSR count). The molecule has 2 amide bonds. The first kappa shape index (κ1) is 24.6. The van der Waals surface area contributed by atoms with Crippen LogP contribution in [0, 0.1) is 0 Å². The Kier molecular flexibility index (Phi) is 8.72. The molecule has 7 heteroatoms. The maximum atomic E-state index is 13.2. The molecule has 1 N–H and O–H groups in total. The van der Waals surface area contributed by atoms with E-state index in [4.69, 9.17) is 4.74 Å². The van der Waals surface area contributed by atoms with Crippen molar-refractivity contribution in [2.45, 2.75) is 32.9 Å². The Hall–Kier alpha value is -3.06. The number of anilines is 1. The number of ether oxygens (including phenoxy) is 1. The number of nitrogens with zero attached hydrogens (tertiary/aromatic N) is 3. The molecule has 7 nitrogen and oxygen atoms in total. The standard InChI is InChI=1S/C26H36N4O3/c1-5-25(31)29-13-12-23-21(19-29)9-7-11-24(23)27-17-26(32)30(15-14-28(2)3)18-20-8-6-10-22(16-20)33-4/h6-11,16,27H,5,12-15,17-19H2,1-4H3. The molecular formula is C26H36N4O3. The maximum absolute atomic E-state index is 13.2. The van der Waals surface area contributed by atoms with Gasteiger partial charge in [-0.1, -0.05) is 31.2 Å². The first-order valence-electron chi connectivity index (χ1n) is 11.6. The number of amides is 2. The summed E-state index contributed by atoms with van der Waals surface area (Å²) in [6.07, 6.45) is 1.32. The van der Waals surface area contributed by atoms with E-state index < -0.39 is 0 Å². The number of rotatable bonds is 10. The van der Waals surface area contributed by atoms with Crippen molar-refractivity contribution in [2.24, 2.45) is 0 Å². The second-order valence-corrected chi connectivity index (χ2v) is 8.69. The minimum absolute atomic E-state index is 0.0517. The Bertz CT molecular complexity index is 960. The van der Waals surface area contributed by atoms with E-state index in [0.717, 1.165) is 42.1 Å². The van der Waals surface area contributed by atoms with Crippen molar-refractivity contribution >= 4 is 17.5 Å². The number of nitrogens with one attached hydrogen (secondary N) is 1. The first-order chi connectivity index (χ1) is 15.9. The fourth-order valence-electron chi connectivity index (χ4n) is 4.10. The molecule has 0 aromatic heterocycles. The van der Waals surface area contributed by atoms with Crippen molar-refractivity contribution in [1.82, 2.24) is 14.7 Å². The van der Waals surface area contributed by atoms with Crippen molar-refractivity contribution in [2.75, 3.05) is 52.7 Å². The topological polar surface area (TPSA) is 65.1 Å². The molecule has 0 saturated carbocycles. The minimum atomic E-state index is 0.0517. The summed E-state index contributed by atoms with van der Waals surface area (Å²) in [5.74, 6) is 1.02. The van der Waals surface area contributed by atoms with Gasteiger partial charge in [0.1, 0.15) is 5.75 Å². The molecule has 33 heavy (non-hydrogen) atoms. The van der Waals surface area contributed by atoms with Crippen LogP contribution in [-0.4, -0.2) is 73.9 Å². The molecule has 1 aliphatic rings. The highest BCUT2D eigenvalue weighted by molar-refractivity contribution is 5.81. The number of hydrogen-bond donors (Lipinski definition) is 1. The molecule has 0 bridgehead atoms. The van der Waals surface area contributed by atoms with Crippen LogP contribution in [0.25, 0.3) is 0 Å². The van der Waals surface area contributed by atoms with E-state index in [1.54, 1.807) is 7.11 Å². The van der Waals surface area contributed by atoms with E-state index >= 15 is 0 Å². The molecule has 2 aromatic carbocycles. The van der Waals surface area contributed by atoms with Gasteiger partial charge in [-0.05, 0) is 55.4 Å². The molecule has 0 fully saturated rings. The zero-order chi connectivity index (χ0) is 23.8. The number of methoxy groups -OCH3 is 1. The van der Waals surface area contributed by atoms with Crippen LogP contribution >= 0.6 is 0 Å². The molecule has 1 aliphatic heterocycles. The average molecular weight is 453 g/mol. The van der Waals surface area contributed by atoms with E-state index in [1.165, 1.54) is 5.56 Å². The lowest BCUT2D eigenvalue weighted by atomic mass is 9.97. The fraction of sp³-hybridized carbons (Fsp3) is 0.462. The van der Waals surface area contributed by atoms with Crippen LogP contribution in [0.15, 0.2) is 42.5 Å². The fourth-order valence-corrected chi connectivity index (χ4v) is 4.10. The van der Waals surface area contributed by atoms with E-state index in [0.29, 0.717) is 26.1 Å². The number of fused-ring (bicyclic) bond motifs is 1. The third-order valence-electron chi connectivity index (χ3n) is 6.03. The highest BCUT2D eigenvalue weighted by Gasteiger charge is 2.22. The Morgan fingerprint density at radius 1 is 1.12 bits per heavy atom. The molecule has 0 radical (unpaired) electrons. The molecular weight excluding hydrogens is 416 g/mol. The molecule has 1 heterocycles. The lowest BCUT2D eigenvalue weighted by Gasteiger charge is -2.30. The molecule has 0 atom stereocenters. The van der Waals surface area contributed by atoms with Crippen molar-refractivity contribution < 1.29 is 14.3 Å². The summed E-state index contributed by atoms with van der Waals surface area (Å²) in [6, 6.07) is 13.9. The summed E-state index contributed by atoms with van der Waals surface area (Å²) in [6.45, 7) is 5.45. The summed E-state index contributed by atoms with van der Waals surface area (Å²) in [4.78, 5) is 31.2. The summed E-state index contributed by atoms with van der Waals surface area (Å²) in [7, 11) is 5.67. The van der Waals surface area contributed by atoms with Crippen LogP contribution in [0.2, 0.25) is 0 Å². The number of hydrogen-bond acceptors (Lipinski definition) is 5. The van der Waals surface area contributed by atoms with Gasteiger partial charge >= 0.3 is 0 Å². The van der Waals surface area contributed by atoms with E-state index in [9.17, 15) is 9.59 Å². The van der Waals surface area contributed by atoms with Crippen LogP contribution in [0.3, 0.4) is 0 Å². The number of carbonyl (C=O) groups excluding carboxylic acids is 2. The number of benzene rings is 2. The third-order valence-corrected chi connectivity index (χ3v) is 6.03. The Labute approximate surface area is 197 Å². The van der Waals surface area contributed by atoms with Crippen LogP contribution in [0.1, 0.15) is 30.0 Å². The predicted molar refractivity (Wildman–Crippen MR) is 131 cm³/mol. The number of carbonyl (C=O) groups is 2. The lowest BCUT2D eigenvalue weighted by Crippen LogP contribution is -2.39. The maximum Gasteiger partial charge on any atom is 0.242 e. The monoisotopic (exact) mass is 452 g/mol. The molecule has 0 saturated heterocycles. The van der Waals surface area contributed by atoms with E-state index in [-0.39, 0.29) is 18.4 Å². The SMILES string of the molecule is CCC(=O)N1CCc2c(cccc2NCC(=O)N(CCN(C)C)Cc2cccc(OC)c2)C1. The Balaban J connectivity index is 1.68. The first-order valence-corrected chi connectivity index (χ1v) is 11.6. The van der Waals surface area contributed by atoms with Crippen molar-refractivity contribution in [1.29, 1.82) is 0 Å². The quantitative estimate of drug-likeness (QED) is 0.600. The van der Waals surface area contributed by atoms with Gasteiger partial charge in [0.15, 0.2) is 0 Å². The average Bonchev–Trinajstić information content (AvgIpc) is 2.84. The van der Waals surface area contributed by atoms with E-state index in [2.05, 4.69) is 16.3 Å². The van der Waals surface area contributed by atoms with E-state index in [1.807, 2.05) is 67.2 Å². The van der Waals surface area contributed by atoms with Gasteiger partial charge in [-0.3, -0.25) is 9.59 Å². The minimum Gasteiger partial charge on any atom is -0.497 e. The van der Waals surface area contributed by atoms with Crippen molar-refractivity contribution in [3.05, 3.63) is 59.2 Å². The van der Waals surface area contributed by atoms with Gasteiger partial charge in [-0.2, -0.15) is 0 Å². The van der Waals surface area contributed by atoms with Crippen LogP contribution in [0.4, 0.5) is 5.69 Å². The zero-order valence-corrected chi connectivity index (χ0v) is 20.3. The highest BCUT2D eigenvalue weighted by Crippen LogP contribution is 2.26. The van der Waals surface area contributed by atoms with Gasteiger partial charge in [-0.15, -0.1) is 0 Å². The van der Waals surface area contributed by atoms with Gasteiger partial charge in [0, 0.05) is 44.8 Å². The normalized spacial score (nSPS) is 12.9. The van der Waals surface area contributed by atoms with Gasteiger partial charge in [0.25, 0.3) is 0 Å². The second-order valence-electron chi connectivity index (χ2n) is 8.69. The largest absolute Gasteiger partial charge is 0.497 e. The zero-order valence-electron chi connectivity index (χ0n) is 20.3. The van der Waals surface area contributed by atoms with Crippen molar-refractivity contribution in [3.8, 4) is 5.75 Å². The summed E-state index contributed by atoms with van der Waals surface area (Å²) < 4.78 is 5.33. The van der Waals surface area contributed by atoms with Gasteiger partial charge in [-0.25, -0.2) is 0 Å². The molecule has 2 aromatic rings. The second kappa shape index (κ2) is 11.7.